The first-order chi connectivity index (χ1) is 19.1. The molecule has 0 bridgehead atoms. The number of aromatic nitrogens is 1. The number of hydrogen-bond acceptors (Lipinski definition) is 8. The van der Waals surface area contributed by atoms with E-state index in [1.807, 2.05) is 48.5 Å². The van der Waals surface area contributed by atoms with Crippen LogP contribution in [0.4, 0.5) is 11.4 Å². The molecule has 8 nitrogen and oxygen atoms in total. The van der Waals surface area contributed by atoms with Crippen LogP contribution >= 0.6 is 0 Å². The molecule has 1 N–H and O–H groups in total. The van der Waals surface area contributed by atoms with Gasteiger partial charge in [-0.1, -0.05) is 30.3 Å². The summed E-state index contributed by atoms with van der Waals surface area (Å²) >= 11 is 0. The van der Waals surface area contributed by atoms with Crippen LogP contribution < -0.4 is 19.5 Å². The van der Waals surface area contributed by atoms with Crippen LogP contribution in [0.25, 0.3) is 10.9 Å². The number of methoxy groups -OCH3 is 3. The molecule has 1 aliphatic rings. The van der Waals surface area contributed by atoms with E-state index in [0.29, 0.717) is 17.1 Å². The number of nitrogens with one attached hydrogen (secondary N) is 1. The number of hydrogen-bond donors (Lipinski definition) is 1. The minimum atomic E-state index is 0.544. The number of ether oxygens (including phenoxy) is 3. The number of aldehydes is 1. The van der Waals surface area contributed by atoms with E-state index >= 15 is 0 Å². The maximum Gasteiger partial charge on any atom is 0.203 e. The minimum absolute atomic E-state index is 0.544. The Morgan fingerprint density at radius 1 is 0.846 bits per heavy atom. The van der Waals surface area contributed by atoms with Gasteiger partial charge in [-0.25, -0.2) is 0 Å². The summed E-state index contributed by atoms with van der Waals surface area (Å²) < 4.78 is 16.6. The van der Waals surface area contributed by atoms with Gasteiger partial charge in [0.25, 0.3) is 0 Å². The summed E-state index contributed by atoms with van der Waals surface area (Å²) in [5, 5.41) is 4.38. The summed E-state index contributed by atoms with van der Waals surface area (Å²) in [6.07, 6.45) is 2.49. The Balaban J connectivity index is 1.28. The summed E-state index contributed by atoms with van der Waals surface area (Å²) in [4.78, 5) is 21.2. The zero-order chi connectivity index (χ0) is 27.2. The molecule has 0 spiro atoms. The van der Waals surface area contributed by atoms with Crippen LogP contribution in [0, 0.1) is 0 Å². The van der Waals surface area contributed by atoms with Gasteiger partial charge in [0.15, 0.2) is 17.8 Å². The molecule has 4 aromatic rings. The fraction of sp³-hybridized carbons (Fsp3) is 0.290. The van der Waals surface area contributed by atoms with Crippen LogP contribution in [0.15, 0.2) is 66.9 Å². The van der Waals surface area contributed by atoms with Gasteiger partial charge in [0.05, 0.1) is 38.1 Å². The van der Waals surface area contributed by atoms with Gasteiger partial charge in [-0.05, 0) is 35.9 Å². The lowest BCUT2D eigenvalue weighted by atomic mass is 10.1. The number of carbonyl (C=O) groups is 1. The third-order valence-corrected chi connectivity index (χ3v) is 7.18. The van der Waals surface area contributed by atoms with Gasteiger partial charge >= 0.3 is 0 Å². The number of rotatable bonds is 10. The smallest absolute Gasteiger partial charge is 0.203 e. The molecule has 1 aromatic heterocycles. The van der Waals surface area contributed by atoms with Crippen molar-refractivity contribution in [2.45, 2.75) is 13.1 Å². The van der Waals surface area contributed by atoms with Crippen molar-refractivity contribution < 1.29 is 19.0 Å². The van der Waals surface area contributed by atoms with Gasteiger partial charge in [-0.15, -0.1) is 0 Å². The van der Waals surface area contributed by atoms with Crippen molar-refractivity contribution in [2.75, 3.05) is 52.8 Å². The quantitative estimate of drug-likeness (QED) is 0.285. The monoisotopic (exact) mass is 526 g/mol. The van der Waals surface area contributed by atoms with Crippen LogP contribution in [0.3, 0.4) is 0 Å². The number of fused-ring (bicyclic) bond motifs is 1. The van der Waals surface area contributed by atoms with E-state index in [1.165, 1.54) is 5.56 Å². The highest BCUT2D eigenvalue weighted by molar-refractivity contribution is 6.01. The summed E-state index contributed by atoms with van der Waals surface area (Å²) in [5.74, 6) is 2.01. The first kappa shape index (κ1) is 26.5. The van der Waals surface area contributed by atoms with Gasteiger partial charge in [-0.3, -0.25) is 19.6 Å². The zero-order valence-electron chi connectivity index (χ0n) is 22.6. The molecule has 39 heavy (non-hydrogen) atoms. The van der Waals surface area contributed by atoms with Crippen LogP contribution in [0.5, 0.6) is 17.2 Å². The highest BCUT2D eigenvalue weighted by Gasteiger charge is 2.22. The molecule has 1 fully saturated rings. The van der Waals surface area contributed by atoms with Crippen molar-refractivity contribution >= 4 is 28.6 Å². The highest BCUT2D eigenvalue weighted by atomic mass is 16.5. The van der Waals surface area contributed by atoms with Crippen molar-refractivity contribution in [1.82, 2.24) is 14.8 Å². The van der Waals surface area contributed by atoms with Crippen LogP contribution in [-0.4, -0.2) is 68.6 Å². The molecule has 0 atom stereocenters. The summed E-state index contributed by atoms with van der Waals surface area (Å²) in [5.41, 5.74) is 5.39. The van der Waals surface area contributed by atoms with Crippen LogP contribution in [0.2, 0.25) is 0 Å². The molecule has 1 aliphatic heterocycles. The molecular formula is C31H34N4O4. The second kappa shape index (κ2) is 12.1. The first-order valence-electron chi connectivity index (χ1n) is 13.0. The zero-order valence-corrected chi connectivity index (χ0v) is 22.6. The number of nitrogens with zero attached hydrogens (tertiary/aromatic N) is 3. The number of anilines is 2. The molecule has 0 unspecified atom stereocenters. The SMILES string of the molecule is COc1ccc(CN2CCN(Cc3ccc4ncc(C=O)c(Nc5ccccc5)c4c3)CC2)c(OC)c1OC. The summed E-state index contributed by atoms with van der Waals surface area (Å²) in [6, 6.07) is 20.2. The second-order valence-electron chi connectivity index (χ2n) is 9.59. The van der Waals surface area contributed by atoms with Gasteiger partial charge in [0, 0.05) is 62.1 Å². The maximum atomic E-state index is 11.8. The fourth-order valence-electron chi connectivity index (χ4n) is 5.14. The van der Waals surface area contributed by atoms with Crippen molar-refractivity contribution in [3.05, 3.63) is 83.6 Å². The Bertz CT molecular complexity index is 1440. The normalized spacial score (nSPS) is 14.2. The third kappa shape index (κ3) is 5.82. The van der Waals surface area contributed by atoms with E-state index in [-0.39, 0.29) is 0 Å². The molecule has 0 amide bonds. The van der Waals surface area contributed by atoms with Gasteiger partial charge in [0.2, 0.25) is 5.75 Å². The summed E-state index contributed by atoms with van der Waals surface area (Å²) in [6.45, 7) is 5.41. The average Bonchev–Trinajstić information content (AvgIpc) is 2.98. The Morgan fingerprint density at radius 2 is 1.56 bits per heavy atom. The molecule has 0 saturated carbocycles. The largest absolute Gasteiger partial charge is 0.493 e. The number of piperazine rings is 1. The molecule has 5 rings (SSSR count). The minimum Gasteiger partial charge on any atom is -0.493 e. The Kier molecular flexibility index (Phi) is 8.24. The molecule has 2 heterocycles. The van der Waals surface area contributed by atoms with E-state index < -0.39 is 0 Å². The number of pyridine rings is 1. The predicted octanol–water partition coefficient (Wildman–Crippen LogP) is 5.13. The van der Waals surface area contributed by atoms with Crippen molar-refractivity contribution in [2.24, 2.45) is 0 Å². The fourth-order valence-corrected chi connectivity index (χ4v) is 5.14. The maximum absolute atomic E-state index is 11.8. The predicted molar refractivity (Wildman–Crippen MR) is 154 cm³/mol. The standard InChI is InChI=1S/C31H34N4O4/c1-37-28-12-10-23(30(38-2)31(28)39-3)20-35-15-13-34(14-16-35)19-22-9-11-27-26(17-22)29(24(21-36)18-32-27)33-25-7-5-4-6-8-25/h4-12,17-18,21H,13-16,19-20H2,1-3H3,(H,32,33). The van der Waals surface area contributed by atoms with Crippen molar-refractivity contribution in [3.8, 4) is 17.2 Å². The van der Waals surface area contributed by atoms with E-state index in [0.717, 1.165) is 79.1 Å². The average molecular weight is 527 g/mol. The summed E-state index contributed by atoms with van der Waals surface area (Å²) in [7, 11) is 4.92. The molecule has 8 heteroatoms. The highest BCUT2D eigenvalue weighted by Crippen LogP contribution is 2.40. The third-order valence-electron chi connectivity index (χ3n) is 7.18. The van der Waals surface area contributed by atoms with E-state index in [4.69, 9.17) is 14.2 Å². The number of carbonyl (C=O) groups excluding carboxylic acids is 1. The molecule has 3 aromatic carbocycles. The van der Waals surface area contributed by atoms with Crippen LogP contribution in [0.1, 0.15) is 21.5 Å². The van der Waals surface area contributed by atoms with Gasteiger partial charge < -0.3 is 19.5 Å². The lowest BCUT2D eigenvalue weighted by Crippen LogP contribution is -2.45. The first-order valence-corrected chi connectivity index (χ1v) is 13.0. The topological polar surface area (TPSA) is 76.2 Å². The Morgan fingerprint density at radius 3 is 2.23 bits per heavy atom. The van der Waals surface area contributed by atoms with E-state index in [1.54, 1.807) is 27.5 Å². The molecule has 0 aliphatic carbocycles. The van der Waals surface area contributed by atoms with Crippen LogP contribution in [-0.2, 0) is 13.1 Å². The Labute approximate surface area is 229 Å². The lowest BCUT2D eigenvalue weighted by molar-refractivity contribution is 0.112. The van der Waals surface area contributed by atoms with E-state index in [2.05, 4.69) is 32.2 Å². The second-order valence-corrected chi connectivity index (χ2v) is 9.59. The van der Waals surface area contributed by atoms with Crippen molar-refractivity contribution in [1.29, 1.82) is 0 Å². The number of benzene rings is 3. The molecular weight excluding hydrogens is 492 g/mol. The van der Waals surface area contributed by atoms with Gasteiger partial charge in [-0.2, -0.15) is 0 Å². The molecule has 1 saturated heterocycles. The van der Waals surface area contributed by atoms with E-state index in [9.17, 15) is 4.79 Å². The van der Waals surface area contributed by atoms with Crippen molar-refractivity contribution in [3.63, 3.8) is 0 Å². The molecule has 202 valence electrons. The Hall–Kier alpha value is -4.14. The molecule has 0 radical (unpaired) electrons. The lowest BCUT2D eigenvalue weighted by Gasteiger charge is -2.35. The number of para-hydroxylation sites is 1. The van der Waals surface area contributed by atoms with Gasteiger partial charge in [0.1, 0.15) is 0 Å².